The Morgan fingerprint density at radius 1 is 0.939 bits per heavy atom. The van der Waals surface area contributed by atoms with Crippen LogP contribution in [0, 0.1) is 0 Å². The minimum Gasteiger partial charge on any atom is -0.507 e. The number of aromatic nitrogens is 1. The van der Waals surface area contributed by atoms with Gasteiger partial charge in [0.05, 0.1) is 31.0 Å². The standard InChI is InChI=1S/C26H22N2O5/c1-32-17-12-13-23(29)20(14-17)22-15-19(18-10-6-7-11-21(18)27-22)25(30)28-24(26(31)33-2)16-8-4-3-5-9-16/h3-15,24,29H,1-2H3,(H,28,30)/t24-/m1/s1. The summed E-state index contributed by atoms with van der Waals surface area (Å²) in [6, 6.07) is 21.4. The van der Waals surface area contributed by atoms with E-state index in [4.69, 9.17) is 9.47 Å². The minimum absolute atomic E-state index is 0.00154. The minimum atomic E-state index is -0.982. The third-order valence-corrected chi connectivity index (χ3v) is 5.29. The molecule has 1 amide bonds. The highest BCUT2D eigenvalue weighted by atomic mass is 16.5. The summed E-state index contributed by atoms with van der Waals surface area (Å²) in [5.41, 5.74) is 2.28. The zero-order valence-electron chi connectivity index (χ0n) is 18.1. The van der Waals surface area contributed by atoms with Crippen molar-refractivity contribution in [3.05, 3.63) is 90.0 Å². The number of ether oxygens (including phenoxy) is 2. The molecule has 1 atom stereocenters. The highest BCUT2D eigenvalue weighted by Crippen LogP contribution is 2.34. The molecule has 7 nitrogen and oxygen atoms in total. The lowest BCUT2D eigenvalue weighted by Crippen LogP contribution is -2.34. The SMILES string of the molecule is COC(=O)[C@H](NC(=O)c1cc(-c2cc(OC)ccc2O)nc2ccccc12)c1ccccc1. The molecule has 4 aromatic rings. The van der Waals surface area contributed by atoms with Crippen molar-refractivity contribution in [2.75, 3.05) is 14.2 Å². The molecule has 0 radical (unpaired) electrons. The van der Waals surface area contributed by atoms with Gasteiger partial charge < -0.3 is 19.9 Å². The number of amides is 1. The number of para-hydroxylation sites is 1. The molecule has 166 valence electrons. The first-order valence-electron chi connectivity index (χ1n) is 10.2. The fraction of sp³-hybridized carbons (Fsp3) is 0.115. The van der Waals surface area contributed by atoms with E-state index in [2.05, 4.69) is 10.3 Å². The lowest BCUT2D eigenvalue weighted by atomic mass is 10.0. The summed E-state index contributed by atoms with van der Waals surface area (Å²) in [6.07, 6.45) is 0. The summed E-state index contributed by atoms with van der Waals surface area (Å²) < 4.78 is 10.2. The van der Waals surface area contributed by atoms with E-state index in [1.54, 1.807) is 60.7 Å². The van der Waals surface area contributed by atoms with Crippen LogP contribution in [-0.4, -0.2) is 36.2 Å². The maximum Gasteiger partial charge on any atom is 0.333 e. The fourth-order valence-electron chi connectivity index (χ4n) is 3.60. The second-order valence-electron chi connectivity index (χ2n) is 7.30. The number of carbonyl (C=O) groups is 2. The molecular weight excluding hydrogens is 420 g/mol. The van der Waals surface area contributed by atoms with Crippen molar-refractivity contribution in [1.82, 2.24) is 10.3 Å². The van der Waals surface area contributed by atoms with Crippen LogP contribution in [0.1, 0.15) is 22.0 Å². The van der Waals surface area contributed by atoms with Crippen LogP contribution in [0.15, 0.2) is 78.9 Å². The molecule has 3 aromatic carbocycles. The van der Waals surface area contributed by atoms with Gasteiger partial charge in [-0.1, -0.05) is 48.5 Å². The van der Waals surface area contributed by atoms with Gasteiger partial charge >= 0.3 is 5.97 Å². The Bertz CT molecular complexity index is 1320. The van der Waals surface area contributed by atoms with Crippen LogP contribution in [0.3, 0.4) is 0 Å². The Hall–Kier alpha value is -4.39. The number of carbonyl (C=O) groups excluding carboxylic acids is 2. The topological polar surface area (TPSA) is 97.8 Å². The smallest absolute Gasteiger partial charge is 0.333 e. The summed E-state index contributed by atoms with van der Waals surface area (Å²) in [7, 11) is 2.80. The van der Waals surface area contributed by atoms with Crippen LogP contribution in [-0.2, 0) is 9.53 Å². The molecule has 0 bridgehead atoms. The van der Waals surface area contributed by atoms with Gasteiger partial charge in [0.25, 0.3) is 5.91 Å². The van der Waals surface area contributed by atoms with Gasteiger partial charge in [0.15, 0.2) is 6.04 Å². The zero-order chi connectivity index (χ0) is 23.4. The van der Waals surface area contributed by atoms with Crippen LogP contribution in [0.2, 0.25) is 0 Å². The molecular formula is C26H22N2O5. The van der Waals surface area contributed by atoms with Crippen molar-refractivity contribution in [2.24, 2.45) is 0 Å². The number of fused-ring (bicyclic) bond motifs is 1. The summed E-state index contributed by atoms with van der Waals surface area (Å²) in [4.78, 5) is 30.5. The van der Waals surface area contributed by atoms with Gasteiger partial charge in [0, 0.05) is 10.9 Å². The molecule has 0 saturated carbocycles. The van der Waals surface area contributed by atoms with Crippen LogP contribution in [0.4, 0.5) is 0 Å². The first kappa shape index (κ1) is 21.8. The number of hydrogen-bond donors (Lipinski definition) is 2. The molecule has 0 fully saturated rings. The Kier molecular flexibility index (Phi) is 6.22. The maximum absolute atomic E-state index is 13.4. The summed E-state index contributed by atoms with van der Waals surface area (Å²) >= 11 is 0. The van der Waals surface area contributed by atoms with Crippen molar-refractivity contribution in [3.63, 3.8) is 0 Å². The second-order valence-corrected chi connectivity index (χ2v) is 7.30. The summed E-state index contributed by atoms with van der Waals surface area (Å²) in [5.74, 6) is -0.518. The van der Waals surface area contributed by atoms with Crippen LogP contribution < -0.4 is 10.1 Å². The highest BCUT2D eigenvalue weighted by Gasteiger charge is 2.25. The lowest BCUT2D eigenvalue weighted by molar-refractivity contribution is -0.143. The maximum atomic E-state index is 13.4. The van der Waals surface area contributed by atoms with Gasteiger partial charge in [-0.05, 0) is 35.9 Å². The van der Waals surface area contributed by atoms with E-state index in [1.807, 2.05) is 12.1 Å². The van der Waals surface area contributed by atoms with Gasteiger partial charge in [-0.25, -0.2) is 9.78 Å². The lowest BCUT2D eigenvalue weighted by Gasteiger charge is -2.18. The number of aromatic hydroxyl groups is 1. The predicted octanol–water partition coefficient (Wildman–Crippen LogP) is 4.26. The summed E-state index contributed by atoms with van der Waals surface area (Å²) in [6.45, 7) is 0. The molecule has 1 aromatic heterocycles. The largest absolute Gasteiger partial charge is 0.507 e. The fourth-order valence-corrected chi connectivity index (χ4v) is 3.60. The average Bonchev–Trinajstić information content (AvgIpc) is 2.86. The van der Waals surface area contributed by atoms with Crippen molar-refractivity contribution in [2.45, 2.75) is 6.04 Å². The Labute approximate surface area is 190 Å². The zero-order valence-corrected chi connectivity index (χ0v) is 18.1. The van der Waals surface area contributed by atoms with Crippen molar-refractivity contribution in [1.29, 1.82) is 0 Å². The number of nitrogens with zero attached hydrogens (tertiary/aromatic N) is 1. The van der Waals surface area contributed by atoms with E-state index in [-0.39, 0.29) is 5.75 Å². The number of nitrogens with one attached hydrogen (secondary N) is 1. The van der Waals surface area contributed by atoms with Gasteiger partial charge in [0.1, 0.15) is 11.5 Å². The molecule has 2 N–H and O–H groups in total. The van der Waals surface area contributed by atoms with Gasteiger partial charge in [0.2, 0.25) is 0 Å². The molecule has 0 aliphatic rings. The molecule has 0 saturated heterocycles. The molecule has 0 aliphatic heterocycles. The third kappa shape index (κ3) is 4.48. The third-order valence-electron chi connectivity index (χ3n) is 5.29. The molecule has 1 heterocycles. The molecule has 33 heavy (non-hydrogen) atoms. The number of methoxy groups -OCH3 is 2. The number of phenolic OH excluding ortho intramolecular Hbond substituents is 1. The number of rotatable bonds is 6. The molecule has 4 rings (SSSR count). The average molecular weight is 442 g/mol. The molecule has 0 aliphatic carbocycles. The number of phenols is 1. The van der Waals surface area contributed by atoms with Gasteiger partial charge in [-0.3, -0.25) is 4.79 Å². The number of esters is 1. The van der Waals surface area contributed by atoms with Crippen molar-refractivity contribution in [3.8, 4) is 22.8 Å². The van der Waals surface area contributed by atoms with E-state index in [9.17, 15) is 14.7 Å². The quantitative estimate of drug-likeness (QED) is 0.433. The van der Waals surface area contributed by atoms with Crippen LogP contribution in [0.25, 0.3) is 22.2 Å². The van der Waals surface area contributed by atoms with Crippen molar-refractivity contribution < 1.29 is 24.2 Å². The number of hydrogen-bond acceptors (Lipinski definition) is 6. The Balaban J connectivity index is 1.81. The van der Waals surface area contributed by atoms with Crippen LogP contribution >= 0.6 is 0 Å². The van der Waals surface area contributed by atoms with Crippen molar-refractivity contribution >= 4 is 22.8 Å². The summed E-state index contributed by atoms with van der Waals surface area (Å²) in [5, 5.41) is 13.8. The molecule has 0 spiro atoms. The molecule has 7 heteroatoms. The van der Waals surface area contributed by atoms with Crippen LogP contribution in [0.5, 0.6) is 11.5 Å². The number of pyridine rings is 1. The van der Waals surface area contributed by atoms with E-state index < -0.39 is 17.9 Å². The Morgan fingerprint density at radius 3 is 2.39 bits per heavy atom. The van der Waals surface area contributed by atoms with Gasteiger partial charge in [-0.2, -0.15) is 0 Å². The monoisotopic (exact) mass is 442 g/mol. The van der Waals surface area contributed by atoms with E-state index in [0.717, 1.165) is 0 Å². The van der Waals surface area contributed by atoms with E-state index in [1.165, 1.54) is 20.3 Å². The van der Waals surface area contributed by atoms with E-state index in [0.29, 0.717) is 39.0 Å². The first-order chi connectivity index (χ1) is 16.0. The van der Waals surface area contributed by atoms with E-state index >= 15 is 0 Å². The first-order valence-corrected chi connectivity index (χ1v) is 10.2. The Morgan fingerprint density at radius 2 is 1.67 bits per heavy atom. The highest BCUT2D eigenvalue weighted by molar-refractivity contribution is 6.08. The normalized spacial score (nSPS) is 11.6. The predicted molar refractivity (Wildman–Crippen MR) is 124 cm³/mol. The molecule has 0 unspecified atom stereocenters. The second kappa shape index (κ2) is 9.40. The number of benzene rings is 3. The van der Waals surface area contributed by atoms with Gasteiger partial charge in [-0.15, -0.1) is 0 Å².